The smallest absolute Gasteiger partial charge is 0.327 e. The minimum absolute atomic E-state index is 0.0113. The lowest BCUT2D eigenvalue weighted by atomic mass is 10.00. The predicted molar refractivity (Wildman–Crippen MR) is 302 cm³/mol. The number of nitrogens with one attached hydrogen (secondary N) is 8. The van der Waals surface area contributed by atoms with Crippen molar-refractivity contribution >= 4 is 89.4 Å². The number of carboxylic acids is 1. The Bertz CT molecular complexity index is 2860. The third-order valence-electron chi connectivity index (χ3n) is 12.8. The number of rotatable bonds is 30. The van der Waals surface area contributed by atoms with E-state index >= 15 is 0 Å². The summed E-state index contributed by atoms with van der Waals surface area (Å²) in [4.78, 5) is 129. The van der Waals surface area contributed by atoms with Crippen LogP contribution in [0.5, 0.6) is 0 Å². The molecule has 5 rings (SSSR count). The Kier molecular flexibility index (Phi) is 24.3. The molecule has 0 spiro atoms. The molecule has 0 aliphatic carbocycles. The van der Waals surface area contributed by atoms with Gasteiger partial charge in [0.25, 0.3) is 11.8 Å². The van der Waals surface area contributed by atoms with E-state index < -0.39 is 108 Å². The molecule has 0 saturated carbocycles. The largest absolute Gasteiger partial charge is 0.480 e. The minimum atomic E-state index is -1.89. The fourth-order valence-corrected chi connectivity index (χ4v) is 8.76. The molecule has 1 aromatic heterocycles. The number of unbranched alkanes of at least 4 members (excludes halogenated alkanes) is 1. The number of hydrogen-bond acceptors (Lipinski definition) is 14. The lowest BCUT2D eigenvalue weighted by molar-refractivity contribution is -0.142. The number of para-hydroxylation sites is 1. The number of aliphatic hydroxyl groups excluding tert-OH is 1. The van der Waals surface area contributed by atoms with Gasteiger partial charge in [-0.25, -0.2) is 4.79 Å². The molecule has 79 heavy (non-hydrogen) atoms. The highest BCUT2D eigenvalue weighted by atomic mass is 32.1. The Morgan fingerprint density at radius 1 is 0.570 bits per heavy atom. The summed E-state index contributed by atoms with van der Waals surface area (Å²) in [6.45, 7) is 1.38. The topological polar surface area (TPSA) is 349 Å². The van der Waals surface area contributed by atoms with Crippen LogP contribution in [0.2, 0.25) is 0 Å². The van der Waals surface area contributed by atoms with Gasteiger partial charge in [0.05, 0.1) is 12.1 Å². The molecule has 1 heterocycles. The van der Waals surface area contributed by atoms with Crippen molar-refractivity contribution in [3.05, 3.63) is 144 Å². The van der Waals surface area contributed by atoms with Crippen molar-refractivity contribution in [2.24, 2.45) is 11.5 Å². The Labute approximate surface area is 468 Å². The van der Waals surface area contributed by atoms with Gasteiger partial charge in [-0.15, -0.1) is 0 Å². The van der Waals surface area contributed by atoms with Crippen LogP contribution in [-0.4, -0.2) is 153 Å². The predicted octanol–water partition coefficient (Wildman–Crippen LogP) is 0.100. The van der Waals surface area contributed by atoms with Crippen LogP contribution >= 0.6 is 25.3 Å². The molecular weight excluding hydrogens is 1050 g/mol. The van der Waals surface area contributed by atoms with E-state index in [1.54, 1.807) is 91.1 Å². The van der Waals surface area contributed by atoms with Gasteiger partial charge in [-0.1, -0.05) is 97.1 Å². The molecule has 0 bridgehead atoms. The zero-order valence-electron chi connectivity index (χ0n) is 43.7. The van der Waals surface area contributed by atoms with E-state index in [2.05, 4.69) is 67.5 Å². The number of H-pyrrole nitrogens is 1. The van der Waals surface area contributed by atoms with Crippen molar-refractivity contribution in [1.29, 1.82) is 0 Å². The molecular formula is C55H69N11O11S2. The number of carbonyl (C=O) groups is 9. The Morgan fingerprint density at radius 3 is 1.57 bits per heavy atom. The first kappa shape index (κ1) is 62.1. The lowest BCUT2D eigenvalue weighted by Gasteiger charge is -2.31. The van der Waals surface area contributed by atoms with E-state index in [1.807, 2.05) is 18.2 Å². The monoisotopic (exact) mass is 1120 g/mol. The maximum atomic E-state index is 14.9. The number of fused-ring (bicyclic) bond motifs is 1. The van der Waals surface area contributed by atoms with Crippen LogP contribution in [-0.2, 0) is 57.6 Å². The number of thiol groups is 2. The minimum Gasteiger partial charge on any atom is -0.480 e. The highest BCUT2D eigenvalue weighted by Gasteiger charge is 2.38. The second kappa shape index (κ2) is 31.0. The van der Waals surface area contributed by atoms with Crippen LogP contribution in [0.15, 0.2) is 121 Å². The van der Waals surface area contributed by atoms with Crippen molar-refractivity contribution in [3.63, 3.8) is 0 Å². The van der Waals surface area contributed by atoms with Gasteiger partial charge in [0.15, 0.2) is 6.17 Å². The molecule has 0 unspecified atom stereocenters. The molecule has 0 saturated heterocycles. The summed E-state index contributed by atoms with van der Waals surface area (Å²) >= 11 is 8.13. The second-order valence-electron chi connectivity index (χ2n) is 18.8. The Hall–Kier alpha value is -7.77. The standard InChI is InChI=1S/C55H69N11O11S2/c1-32(67)45(52(73)65-46(53(74)63-44(31-79)55(76)77)66(2)54(75)35-20-10-5-11-21-35)64-48(69)40(24-14-15-25-56)59-51(72)43(28-36-29-58-39-23-13-12-22-37(36)39)62-50(71)42(27-34-18-8-4-9-19-34)61-49(70)41(60-47(68)38(57)30-78)26-33-16-6-3-7-17-33/h3-13,16-23,29,32,38,40-46,58,67,78-79H,14-15,24-28,30-31,56-57H2,1-2H3,(H,59,72)(H,60,68)(H,61,70)(H,62,71)(H,63,74)(H,64,69)(H,65,73)(H,76,77)/t32-,38+,40+,41+,42+,43-,44+,45+,46+/m1/s1. The normalized spacial score (nSPS) is 14.5. The van der Waals surface area contributed by atoms with Crippen LogP contribution in [0.3, 0.4) is 0 Å². The molecule has 22 nitrogen and oxygen atoms in total. The maximum absolute atomic E-state index is 14.9. The van der Waals surface area contributed by atoms with E-state index in [-0.39, 0.29) is 55.7 Å². The van der Waals surface area contributed by atoms with Crippen LogP contribution in [0.4, 0.5) is 0 Å². The number of benzene rings is 4. The number of aromatic nitrogens is 1. The van der Waals surface area contributed by atoms with Crippen molar-refractivity contribution in [3.8, 4) is 0 Å². The molecule has 5 aromatic rings. The summed E-state index contributed by atoms with van der Waals surface area (Å²) in [6, 6.07) is 22.7. The number of nitrogens with zero attached hydrogens (tertiary/aromatic N) is 1. The average Bonchev–Trinajstić information content (AvgIpc) is 3.87. The average molecular weight is 1120 g/mol. The summed E-state index contributed by atoms with van der Waals surface area (Å²) in [5.41, 5.74) is 14.6. The summed E-state index contributed by atoms with van der Waals surface area (Å²) in [5.74, 6) is -8.90. The molecule has 0 aliphatic heterocycles. The fraction of sp³-hybridized carbons (Fsp3) is 0.364. The molecule has 0 fully saturated rings. The summed E-state index contributed by atoms with van der Waals surface area (Å²) in [7, 11) is 1.18. The molecule has 0 radical (unpaired) electrons. The van der Waals surface area contributed by atoms with Crippen LogP contribution in [0.25, 0.3) is 10.9 Å². The number of carbonyl (C=O) groups excluding carboxylic acids is 8. The van der Waals surface area contributed by atoms with E-state index in [0.717, 1.165) is 15.8 Å². The summed E-state index contributed by atoms with van der Waals surface area (Å²) < 4.78 is 0. The summed E-state index contributed by atoms with van der Waals surface area (Å²) in [5, 5.41) is 39.5. The SMILES string of the molecule is C[C@@H](O)[C@H](NC(=O)[C@H](CCCCN)NC(=O)[C@@H](Cc1c[nH]c2ccccc12)NC(=O)[C@H](Cc1ccccc1)NC(=O)[C@H](Cc1ccccc1)NC(=O)[C@@H](N)CS)C(=O)N[C@H](C(=O)N[C@@H](CS)C(=O)O)N(C)C(=O)c1ccccc1. The lowest BCUT2D eigenvalue weighted by Crippen LogP contribution is -2.64. The first-order valence-corrected chi connectivity index (χ1v) is 26.8. The molecule has 14 N–H and O–H groups in total. The van der Waals surface area contributed by atoms with E-state index in [1.165, 1.54) is 26.1 Å². The van der Waals surface area contributed by atoms with E-state index in [9.17, 15) is 53.4 Å². The molecule has 8 amide bonds. The highest BCUT2D eigenvalue weighted by Crippen LogP contribution is 2.20. The number of aliphatic hydroxyl groups is 1. The number of likely N-dealkylation sites (N-methyl/N-ethyl adjacent to an activating group) is 1. The van der Waals surface area contributed by atoms with Crippen molar-refractivity contribution in [2.45, 2.75) is 100 Å². The number of amides is 8. The zero-order valence-corrected chi connectivity index (χ0v) is 45.5. The Balaban J connectivity index is 1.46. The number of aromatic amines is 1. The zero-order chi connectivity index (χ0) is 57.6. The van der Waals surface area contributed by atoms with Gasteiger partial charge in [-0.05, 0) is 67.6 Å². The van der Waals surface area contributed by atoms with E-state index in [0.29, 0.717) is 23.1 Å². The summed E-state index contributed by atoms with van der Waals surface area (Å²) in [6.07, 6.45) is -1.47. The van der Waals surface area contributed by atoms with Gasteiger partial charge in [-0.3, -0.25) is 38.4 Å². The van der Waals surface area contributed by atoms with Gasteiger partial charge in [0.1, 0.15) is 36.3 Å². The molecule has 0 aliphatic rings. The van der Waals surface area contributed by atoms with Crippen LogP contribution < -0.4 is 48.7 Å². The molecule has 4 aromatic carbocycles. The number of nitrogens with two attached hydrogens (primary N) is 2. The Morgan fingerprint density at radius 2 is 1.05 bits per heavy atom. The number of carboxylic acid groups (broad SMARTS) is 1. The van der Waals surface area contributed by atoms with Crippen molar-refractivity contribution in [2.75, 3.05) is 25.1 Å². The third-order valence-corrected chi connectivity index (χ3v) is 13.6. The third kappa shape index (κ3) is 18.4. The maximum Gasteiger partial charge on any atom is 0.327 e. The van der Waals surface area contributed by atoms with Crippen LogP contribution in [0, 0.1) is 0 Å². The van der Waals surface area contributed by atoms with Gasteiger partial charge in [-0.2, -0.15) is 25.3 Å². The van der Waals surface area contributed by atoms with Gasteiger partial charge in [0, 0.05) is 60.5 Å². The number of hydrogen-bond donors (Lipinski definition) is 14. The molecule has 24 heteroatoms. The highest BCUT2D eigenvalue weighted by molar-refractivity contribution is 7.80. The van der Waals surface area contributed by atoms with Crippen LogP contribution in [0.1, 0.15) is 53.2 Å². The first-order valence-electron chi connectivity index (χ1n) is 25.5. The molecule has 9 atom stereocenters. The molecule has 422 valence electrons. The van der Waals surface area contributed by atoms with Crippen molar-refractivity contribution in [1.82, 2.24) is 47.1 Å². The quantitative estimate of drug-likeness (QED) is 0.0165. The van der Waals surface area contributed by atoms with Crippen molar-refractivity contribution < 1.29 is 53.4 Å². The second-order valence-corrected chi connectivity index (χ2v) is 19.5. The van der Waals surface area contributed by atoms with E-state index in [4.69, 9.17) is 11.5 Å². The van der Waals surface area contributed by atoms with Gasteiger partial charge < -0.3 is 68.8 Å². The first-order chi connectivity index (χ1) is 37.8. The number of aliphatic carboxylic acids is 1. The van der Waals surface area contributed by atoms with Gasteiger partial charge >= 0.3 is 5.97 Å². The van der Waals surface area contributed by atoms with Gasteiger partial charge in [0.2, 0.25) is 35.4 Å². The fourth-order valence-electron chi connectivity index (χ4n) is 8.35.